The number of benzene rings is 1. The smallest absolute Gasteiger partial charge is 0.279 e. The van der Waals surface area contributed by atoms with Crippen molar-refractivity contribution in [1.82, 2.24) is 0 Å². The van der Waals surface area contributed by atoms with E-state index in [1.165, 1.54) is 4.88 Å². The lowest BCUT2D eigenvalue weighted by molar-refractivity contribution is -0.884. The molecule has 0 aliphatic rings. The standard InChI is InChI=1S/C14H14Cl2N2OS/c1-18(8-12-6-7-13(16)20-12)9-14(19)17-11-4-2-10(15)3-5-11/h2-7H,8-9H2,1H3,(H,17,19)/p+1. The molecule has 0 fully saturated rings. The molecule has 0 aliphatic heterocycles. The molecule has 1 atom stereocenters. The summed E-state index contributed by atoms with van der Waals surface area (Å²) in [5.41, 5.74) is 0.756. The number of rotatable bonds is 5. The van der Waals surface area contributed by atoms with Gasteiger partial charge in [-0.15, -0.1) is 11.3 Å². The Labute approximate surface area is 132 Å². The molecule has 0 bridgehead atoms. The predicted octanol–water partition coefficient (Wildman–Crippen LogP) is 2.71. The van der Waals surface area contributed by atoms with Gasteiger partial charge in [-0.05, 0) is 36.4 Å². The van der Waals surface area contributed by atoms with Crippen molar-refractivity contribution < 1.29 is 9.69 Å². The number of hydrogen-bond donors (Lipinski definition) is 2. The molecule has 0 saturated heterocycles. The van der Waals surface area contributed by atoms with Crippen LogP contribution in [-0.2, 0) is 11.3 Å². The maximum absolute atomic E-state index is 11.9. The lowest BCUT2D eigenvalue weighted by Gasteiger charge is -2.12. The number of amides is 1. The highest BCUT2D eigenvalue weighted by Crippen LogP contribution is 2.20. The zero-order valence-electron chi connectivity index (χ0n) is 11.0. The SMILES string of the molecule is C[NH+](CC(=O)Nc1ccc(Cl)cc1)Cc1ccc(Cl)s1. The van der Waals surface area contributed by atoms with E-state index in [0.29, 0.717) is 11.6 Å². The molecule has 2 aromatic rings. The third-order valence-corrected chi connectivity index (χ3v) is 4.18. The van der Waals surface area contributed by atoms with Crippen LogP contribution < -0.4 is 10.2 Å². The van der Waals surface area contributed by atoms with Crippen molar-refractivity contribution in [3.8, 4) is 0 Å². The van der Waals surface area contributed by atoms with Gasteiger partial charge >= 0.3 is 0 Å². The number of halogens is 2. The van der Waals surface area contributed by atoms with E-state index in [2.05, 4.69) is 5.32 Å². The second-order valence-electron chi connectivity index (χ2n) is 4.57. The first-order valence-electron chi connectivity index (χ1n) is 6.14. The van der Waals surface area contributed by atoms with Crippen LogP contribution in [-0.4, -0.2) is 19.5 Å². The summed E-state index contributed by atoms with van der Waals surface area (Å²) in [6, 6.07) is 10.9. The van der Waals surface area contributed by atoms with Gasteiger partial charge in [0.15, 0.2) is 6.54 Å². The maximum Gasteiger partial charge on any atom is 0.279 e. The van der Waals surface area contributed by atoms with Crippen LogP contribution in [0.1, 0.15) is 4.88 Å². The van der Waals surface area contributed by atoms with Crippen molar-refractivity contribution in [1.29, 1.82) is 0 Å². The van der Waals surface area contributed by atoms with E-state index in [1.807, 2.05) is 19.2 Å². The second kappa shape index (κ2) is 7.09. The summed E-state index contributed by atoms with van der Waals surface area (Å²) < 4.78 is 0.776. The fraction of sp³-hybridized carbons (Fsp3) is 0.214. The van der Waals surface area contributed by atoms with Crippen molar-refractivity contribution >= 4 is 46.1 Å². The van der Waals surface area contributed by atoms with E-state index in [1.54, 1.807) is 35.6 Å². The summed E-state index contributed by atoms with van der Waals surface area (Å²) in [4.78, 5) is 14.2. The van der Waals surface area contributed by atoms with Crippen LogP contribution in [0, 0.1) is 0 Å². The van der Waals surface area contributed by atoms with Crippen molar-refractivity contribution in [3.05, 3.63) is 50.6 Å². The molecular weight excluding hydrogens is 315 g/mol. The monoisotopic (exact) mass is 329 g/mol. The molecule has 0 spiro atoms. The van der Waals surface area contributed by atoms with Crippen molar-refractivity contribution in [3.63, 3.8) is 0 Å². The Bertz CT molecular complexity index is 583. The zero-order chi connectivity index (χ0) is 14.5. The Morgan fingerprint density at radius 2 is 1.90 bits per heavy atom. The molecule has 0 radical (unpaired) electrons. The minimum atomic E-state index is -0.0209. The van der Waals surface area contributed by atoms with Gasteiger partial charge < -0.3 is 10.2 Å². The highest BCUT2D eigenvalue weighted by atomic mass is 35.5. The van der Waals surface area contributed by atoms with Crippen LogP contribution in [0.25, 0.3) is 0 Å². The van der Waals surface area contributed by atoms with Crippen molar-refractivity contribution in [2.75, 3.05) is 18.9 Å². The lowest BCUT2D eigenvalue weighted by atomic mass is 10.3. The summed E-state index contributed by atoms with van der Waals surface area (Å²) in [6.07, 6.45) is 0. The normalized spacial score (nSPS) is 12.2. The first-order valence-corrected chi connectivity index (χ1v) is 7.71. The summed E-state index contributed by atoms with van der Waals surface area (Å²) in [6.45, 7) is 1.18. The molecule has 6 heteroatoms. The lowest BCUT2D eigenvalue weighted by Crippen LogP contribution is -3.08. The van der Waals surface area contributed by atoms with Gasteiger partial charge in [0.1, 0.15) is 6.54 Å². The van der Waals surface area contributed by atoms with Crippen LogP contribution in [0.2, 0.25) is 9.36 Å². The first kappa shape index (κ1) is 15.3. The Kier molecular flexibility index (Phi) is 5.43. The number of thiophene rings is 1. The molecule has 106 valence electrons. The van der Waals surface area contributed by atoms with Crippen LogP contribution in [0.4, 0.5) is 5.69 Å². The molecule has 0 saturated carbocycles. The molecule has 1 aromatic carbocycles. The fourth-order valence-electron chi connectivity index (χ4n) is 1.82. The Morgan fingerprint density at radius 1 is 1.20 bits per heavy atom. The number of carbonyl (C=O) groups is 1. The predicted molar refractivity (Wildman–Crippen MR) is 84.9 cm³/mol. The topological polar surface area (TPSA) is 33.5 Å². The van der Waals surface area contributed by atoms with Gasteiger partial charge in [0.2, 0.25) is 0 Å². The second-order valence-corrected chi connectivity index (χ2v) is 6.81. The van der Waals surface area contributed by atoms with Crippen molar-refractivity contribution in [2.45, 2.75) is 6.54 Å². The minimum absolute atomic E-state index is 0.0209. The summed E-state index contributed by atoms with van der Waals surface area (Å²) in [7, 11) is 1.98. The van der Waals surface area contributed by atoms with Gasteiger partial charge in [0, 0.05) is 10.7 Å². The van der Waals surface area contributed by atoms with Gasteiger partial charge in [0.05, 0.1) is 16.3 Å². The van der Waals surface area contributed by atoms with Crippen LogP contribution >= 0.6 is 34.5 Å². The van der Waals surface area contributed by atoms with Gasteiger partial charge in [-0.25, -0.2) is 0 Å². The first-order chi connectivity index (χ1) is 9.52. The Balaban J connectivity index is 1.83. The molecular formula is C14H15Cl2N2OS+. The molecule has 0 aliphatic carbocycles. The fourth-order valence-corrected chi connectivity index (χ4v) is 3.15. The molecule has 1 heterocycles. The van der Waals surface area contributed by atoms with Gasteiger partial charge in [-0.2, -0.15) is 0 Å². The van der Waals surface area contributed by atoms with Gasteiger partial charge in [0.25, 0.3) is 5.91 Å². The Morgan fingerprint density at radius 3 is 2.50 bits per heavy atom. The number of carbonyl (C=O) groups excluding carboxylic acids is 1. The summed E-state index contributed by atoms with van der Waals surface area (Å²) >= 11 is 13.2. The average molecular weight is 330 g/mol. The van der Waals surface area contributed by atoms with Gasteiger partial charge in [-0.1, -0.05) is 23.2 Å². The molecule has 1 unspecified atom stereocenters. The van der Waals surface area contributed by atoms with E-state index in [4.69, 9.17) is 23.2 Å². The number of quaternary nitrogens is 1. The highest BCUT2D eigenvalue weighted by molar-refractivity contribution is 7.16. The molecule has 3 nitrogen and oxygen atoms in total. The van der Waals surface area contributed by atoms with E-state index in [-0.39, 0.29) is 5.91 Å². The average Bonchev–Trinajstić information content (AvgIpc) is 2.77. The van der Waals surface area contributed by atoms with E-state index in [0.717, 1.165) is 21.5 Å². The Hall–Kier alpha value is -1.07. The number of nitrogens with one attached hydrogen (secondary N) is 2. The maximum atomic E-state index is 11.9. The molecule has 1 aromatic heterocycles. The third kappa shape index (κ3) is 4.80. The van der Waals surface area contributed by atoms with E-state index < -0.39 is 0 Å². The minimum Gasteiger partial charge on any atom is -0.325 e. The largest absolute Gasteiger partial charge is 0.325 e. The van der Waals surface area contributed by atoms with E-state index in [9.17, 15) is 4.79 Å². The van der Waals surface area contributed by atoms with E-state index >= 15 is 0 Å². The quantitative estimate of drug-likeness (QED) is 0.868. The molecule has 1 amide bonds. The zero-order valence-corrected chi connectivity index (χ0v) is 13.3. The highest BCUT2D eigenvalue weighted by Gasteiger charge is 2.12. The molecule has 2 N–H and O–H groups in total. The van der Waals surface area contributed by atoms with Crippen molar-refractivity contribution in [2.24, 2.45) is 0 Å². The van der Waals surface area contributed by atoms with Crippen LogP contribution in [0.15, 0.2) is 36.4 Å². The summed E-state index contributed by atoms with van der Waals surface area (Å²) in [5, 5.41) is 3.50. The number of likely N-dealkylation sites (N-methyl/N-ethyl adjacent to an activating group) is 1. The number of anilines is 1. The van der Waals surface area contributed by atoms with Crippen LogP contribution in [0.5, 0.6) is 0 Å². The van der Waals surface area contributed by atoms with Crippen LogP contribution in [0.3, 0.4) is 0 Å². The van der Waals surface area contributed by atoms with Gasteiger partial charge in [-0.3, -0.25) is 4.79 Å². The third-order valence-electron chi connectivity index (χ3n) is 2.70. The summed E-state index contributed by atoms with van der Waals surface area (Å²) in [5.74, 6) is -0.0209. The molecule has 20 heavy (non-hydrogen) atoms. The number of hydrogen-bond acceptors (Lipinski definition) is 2. The molecule has 2 rings (SSSR count).